The van der Waals surface area contributed by atoms with E-state index in [-0.39, 0.29) is 18.9 Å². The smallest absolute Gasteiger partial charge is 0.317 e. The number of carboxylic acid groups (broad SMARTS) is 1. The van der Waals surface area contributed by atoms with E-state index in [1.54, 1.807) is 21.0 Å². The molecule has 0 aliphatic heterocycles. The molecule has 0 aromatic carbocycles. The van der Waals surface area contributed by atoms with Crippen LogP contribution >= 0.6 is 0 Å². The summed E-state index contributed by atoms with van der Waals surface area (Å²) in [5, 5.41) is 11.0. The van der Waals surface area contributed by atoms with Crippen LogP contribution in [-0.4, -0.2) is 66.5 Å². The lowest BCUT2D eigenvalue weighted by Crippen LogP contribution is -2.48. The first-order valence-corrected chi connectivity index (χ1v) is 5.20. The van der Waals surface area contributed by atoms with Crippen LogP contribution in [0.3, 0.4) is 0 Å². The highest BCUT2D eigenvalue weighted by Gasteiger charge is 2.19. The maximum absolute atomic E-state index is 11.5. The monoisotopic (exact) mass is 245 g/mol. The molecule has 7 nitrogen and oxygen atoms in total. The van der Waals surface area contributed by atoms with E-state index in [1.807, 2.05) is 0 Å². The van der Waals surface area contributed by atoms with Crippen molar-refractivity contribution in [3.05, 3.63) is 0 Å². The summed E-state index contributed by atoms with van der Waals surface area (Å²) in [4.78, 5) is 35.9. The predicted octanol–water partition coefficient (Wildman–Crippen LogP) is -0.421. The summed E-state index contributed by atoms with van der Waals surface area (Å²) in [6, 6.07) is -1.10. The number of hydrogen-bond donors (Lipinski definition) is 2. The van der Waals surface area contributed by atoms with Crippen LogP contribution in [-0.2, 0) is 9.59 Å². The van der Waals surface area contributed by atoms with E-state index >= 15 is 0 Å². The van der Waals surface area contributed by atoms with Gasteiger partial charge >= 0.3 is 12.0 Å². The number of rotatable bonds is 5. The van der Waals surface area contributed by atoms with Crippen molar-refractivity contribution < 1.29 is 19.5 Å². The van der Waals surface area contributed by atoms with Crippen molar-refractivity contribution in [2.24, 2.45) is 0 Å². The average Bonchev–Trinajstić information content (AvgIpc) is 2.24. The van der Waals surface area contributed by atoms with Crippen LogP contribution in [0.1, 0.15) is 13.3 Å². The van der Waals surface area contributed by atoms with Gasteiger partial charge in [0.15, 0.2) is 0 Å². The first-order valence-electron chi connectivity index (χ1n) is 5.20. The number of hydrogen-bond acceptors (Lipinski definition) is 3. The van der Waals surface area contributed by atoms with Gasteiger partial charge in [-0.3, -0.25) is 9.59 Å². The predicted molar refractivity (Wildman–Crippen MR) is 61.6 cm³/mol. The molecule has 17 heavy (non-hydrogen) atoms. The molecule has 0 bridgehead atoms. The molecule has 7 heteroatoms. The van der Waals surface area contributed by atoms with Crippen LogP contribution in [0.25, 0.3) is 0 Å². The quantitative estimate of drug-likeness (QED) is 0.688. The minimum atomic E-state index is -0.970. The van der Waals surface area contributed by atoms with E-state index < -0.39 is 18.0 Å². The Morgan fingerprint density at radius 1 is 1.24 bits per heavy atom. The SMILES string of the molecule is CC(NC(=O)N(C)CCC(=O)O)C(=O)N(C)C. The van der Waals surface area contributed by atoms with Gasteiger partial charge in [-0.25, -0.2) is 4.79 Å². The second kappa shape index (κ2) is 6.72. The molecule has 3 amide bonds. The Morgan fingerprint density at radius 3 is 2.18 bits per heavy atom. The van der Waals surface area contributed by atoms with Gasteiger partial charge in [0.2, 0.25) is 5.91 Å². The Labute approximate surface area is 100 Å². The van der Waals surface area contributed by atoms with E-state index in [1.165, 1.54) is 16.8 Å². The molecule has 0 aromatic rings. The summed E-state index contributed by atoms with van der Waals surface area (Å²) in [7, 11) is 4.67. The van der Waals surface area contributed by atoms with Gasteiger partial charge in [-0.15, -0.1) is 0 Å². The Hall–Kier alpha value is -1.79. The number of carbonyl (C=O) groups is 3. The van der Waals surface area contributed by atoms with Crippen molar-refractivity contribution in [3.63, 3.8) is 0 Å². The number of carboxylic acids is 1. The van der Waals surface area contributed by atoms with Gasteiger partial charge in [0.1, 0.15) is 6.04 Å². The Balaban J connectivity index is 4.16. The zero-order valence-electron chi connectivity index (χ0n) is 10.6. The largest absolute Gasteiger partial charge is 0.481 e. The summed E-state index contributed by atoms with van der Waals surface area (Å²) in [5.74, 6) is -1.19. The van der Waals surface area contributed by atoms with E-state index in [9.17, 15) is 14.4 Å². The minimum absolute atomic E-state index is 0.101. The Kier molecular flexibility index (Phi) is 6.01. The Bertz CT molecular complexity index is 304. The molecule has 1 unspecified atom stereocenters. The first-order chi connectivity index (χ1) is 7.75. The molecule has 0 fully saturated rings. The fourth-order valence-electron chi connectivity index (χ4n) is 1.11. The van der Waals surface area contributed by atoms with Gasteiger partial charge in [-0.1, -0.05) is 0 Å². The zero-order chi connectivity index (χ0) is 13.6. The van der Waals surface area contributed by atoms with Crippen LogP contribution in [0, 0.1) is 0 Å². The molecule has 0 saturated heterocycles. The number of carbonyl (C=O) groups excluding carboxylic acids is 2. The van der Waals surface area contributed by atoms with Crippen molar-refractivity contribution in [1.82, 2.24) is 15.1 Å². The van der Waals surface area contributed by atoms with Gasteiger partial charge < -0.3 is 20.2 Å². The Morgan fingerprint density at radius 2 is 1.76 bits per heavy atom. The molecule has 1 atom stereocenters. The van der Waals surface area contributed by atoms with Crippen LogP contribution in [0.2, 0.25) is 0 Å². The van der Waals surface area contributed by atoms with E-state index in [0.717, 1.165) is 0 Å². The molecule has 0 saturated carbocycles. The number of urea groups is 1. The van der Waals surface area contributed by atoms with Crippen molar-refractivity contribution >= 4 is 17.9 Å². The summed E-state index contributed by atoms with van der Waals surface area (Å²) in [5.41, 5.74) is 0. The topological polar surface area (TPSA) is 90.0 Å². The third-order valence-electron chi connectivity index (χ3n) is 2.16. The highest BCUT2D eigenvalue weighted by atomic mass is 16.4. The lowest BCUT2D eigenvalue weighted by Gasteiger charge is -2.22. The molecule has 0 aliphatic carbocycles. The molecule has 0 spiro atoms. The maximum Gasteiger partial charge on any atom is 0.317 e. The molecule has 2 N–H and O–H groups in total. The van der Waals surface area contributed by atoms with Gasteiger partial charge in [-0.2, -0.15) is 0 Å². The summed E-state index contributed by atoms with van der Waals surface area (Å²) in [6.45, 7) is 1.68. The summed E-state index contributed by atoms with van der Waals surface area (Å²) >= 11 is 0. The highest BCUT2D eigenvalue weighted by Crippen LogP contribution is 1.93. The number of likely N-dealkylation sites (N-methyl/N-ethyl adjacent to an activating group) is 1. The number of aliphatic carboxylic acids is 1. The first kappa shape index (κ1) is 15.2. The van der Waals surface area contributed by atoms with Crippen molar-refractivity contribution in [3.8, 4) is 0 Å². The standard InChI is InChI=1S/C10H19N3O4/c1-7(9(16)12(2)3)11-10(17)13(4)6-5-8(14)15/h7H,5-6H2,1-4H3,(H,11,17)(H,14,15). The second-order valence-electron chi connectivity index (χ2n) is 3.97. The highest BCUT2D eigenvalue weighted by molar-refractivity contribution is 5.86. The van der Waals surface area contributed by atoms with Crippen LogP contribution < -0.4 is 5.32 Å². The van der Waals surface area contributed by atoms with Crippen LogP contribution in [0.15, 0.2) is 0 Å². The van der Waals surface area contributed by atoms with Gasteiger partial charge in [0, 0.05) is 27.7 Å². The zero-order valence-corrected chi connectivity index (χ0v) is 10.6. The molecule has 98 valence electrons. The maximum atomic E-state index is 11.5. The number of nitrogens with one attached hydrogen (secondary N) is 1. The van der Waals surface area contributed by atoms with Gasteiger partial charge in [0.25, 0.3) is 0 Å². The molecular weight excluding hydrogens is 226 g/mol. The fourth-order valence-corrected chi connectivity index (χ4v) is 1.11. The van der Waals surface area contributed by atoms with Crippen molar-refractivity contribution in [2.45, 2.75) is 19.4 Å². The molecule has 0 aliphatic rings. The lowest BCUT2D eigenvalue weighted by molar-refractivity contribution is -0.137. The second-order valence-corrected chi connectivity index (χ2v) is 3.97. The third-order valence-corrected chi connectivity index (χ3v) is 2.16. The molecule has 0 rings (SSSR count). The number of amides is 3. The van der Waals surface area contributed by atoms with Crippen molar-refractivity contribution in [1.29, 1.82) is 0 Å². The average molecular weight is 245 g/mol. The fraction of sp³-hybridized carbons (Fsp3) is 0.700. The lowest BCUT2D eigenvalue weighted by atomic mass is 10.3. The molecule has 0 aromatic heterocycles. The third kappa shape index (κ3) is 5.74. The normalized spacial score (nSPS) is 11.5. The molecular formula is C10H19N3O4. The van der Waals surface area contributed by atoms with E-state index in [0.29, 0.717) is 0 Å². The molecule has 0 radical (unpaired) electrons. The van der Waals surface area contributed by atoms with Gasteiger partial charge in [-0.05, 0) is 6.92 Å². The van der Waals surface area contributed by atoms with Crippen molar-refractivity contribution in [2.75, 3.05) is 27.7 Å². The summed E-state index contributed by atoms with van der Waals surface area (Å²) in [6.07, 6.45) is -0.125. The van der Waals surface area contributed by atoms with Crippen LogP contribution in [0.5, 0.6) is 0 Å². The minimum Gasteiger partial charge on any atom is -0.481 e. The van der Waals surface area contributed by atoms with E-state index in [4.69, 9.17) is 5.11 Å². The summed E-state index contributed by atoms with van der Waals surface area (Å²) < 4.78 is 0. The van der Waals surface area contributed by atoms with Crippen LogP contribution in [0.4, 0.5) is 4.79 Å². The van der Waals surface area contributed by atoms with E-state index in [2.05, 4.69) is 5.32 Å². The van der Waals surface area contributed by atoms with Gasteiger partial charge in [0.05, 0.1) is 6.42 Å². The molecule has 0 heterocycles. The number of nitrogens with zero attached hydrogens (tertiary/aromatic N) is 2.